The first kappa shape index (κ1) is 29.1. The van der Waals surface area contributed by atoms with Crippen molar-refractivity contribution in [2.75, 3.05) is 20.2 Å². The molecule has 0 heterocycles. The highest BCUT2D eigenvalue weighted by atomic mass is 16.5. The van der Waals surface area contributed by atoms with E-state index in [-0.39, 0.29) is 30.7 Å². The van der Waals surface area contributed by atoms with Gasteiger partial charge >= 0.3 is 5.97 Å². The smallest absolute Gasteiger partial charge is 0.305 e. The molecule has 1 atom stereocenters. The molecule has 0 aliphatic carbocycles. The van der Waals surface area contributed by atoms with Crippen LogP contribution in [0, 0.1) is 0 Å². The summed E-state index contributed by atoms with van der Waals surface area (Å²) in [6.45, 7) is 2.75. The molecule has 7 heteroatoms. The number of carboxylic acids is 1. The number of aliphatic carboxylic acids is 1. The SMILES string of the molecule is COc1cccc(CNC(=O)c2ccccc2-c2ccccc2C(=O)N(CCC(=O)O)CC(C)c2ccccc2)c1. The average Bonchev–Trinajstić information content (AvgIpc) is 3.01. The van der Waals surface area contributed by atoms with Crippen LogP contribution in [0.2, 0.25) is 0 Å². The lowest BCUT2D eigenvalue weighted by Gasteiger charge is -2.27. The molecule has 7 nitrogen and oxygen atoms in total. The van der Waals surface area contributed by atoms with Gasteiger partial charge in [0.1, 0.15) is 5.75 Å². The van der Waals surface area contributed by atoms with Gasteiger partial charge in [0.05, 0.1) is 13.5 Å². The van der Waals surface area contributed by atoms with Crippen molar-refractivity contribution < 1.29 is 24.2 Å². The minimum absolute atomic E-state index is 0.00391. The van der Waals surface area contributed by atoms with Crippen molar-refractivity contribution in [3.8, 4) is 16.9 Å². The Labute approximate surface area is 240 Å². The maximum Gasteiger partial charge on any atom is 0.305 e. The Bertz CT molecular complexity index is 1500. The minimum Gasteiger partial charge on any atom is -0.497 e. The van der Waals surface area contributed by atoms with Gasteiger partial charge in [-0.3, -0.25) is 14.4 Å². The highest BCUT2D eigenvalue weighted by Crippen LogP contribution is 2.29. The van der Waals surface area contributed by atoms with Crippen LogP contribution in [0.4, 0.5) is 0 Å². The van der Waals surface area contributed by atoms with E-state index < -0.39 is 5.97 Å². The summed E-state index contributed by atoms with van der Waals surface area (Å²) in [5.74, 6) is -0.821. The van der Waals surface area contributed by atoms with Gasteiger partial charge in [-0.15, -0.1) is 0 Å². The van der Waals surface area contributed by atoms with Crippen LogP contribution in [0.1, 0.15) is 51.1 Å². The molecule has 0 aliphatic rings. The van der Waals surface area contributed by atoms with Gasteiger partial charge in [0.15, 0.2) is 0 Å². The monoisotopic (exact) mass is 550 g/mol. The van der Waals surface area contributed by atoms with Gasteiger partial charge in [0, 0.05) is 30.8 Å². The number of carbonyl (C=O) groups is 3. The zero-order chi connectivity index (χ0) is 29.2. The third-order valence-electron chi connectivity index (χ3n) is 6.95. The minimum atomic E-state index is -0.971. The molecule has 0 fully saturated rings. The second kappa shape index (κ2) is 13.9. The summed E-state index contributed by atoms with van der Waals surface area (Å²) in [5.41, 5.74) is 4.03. The van der Waals surface area contributed by atoms with Crippen LogP contribution in [0.5, 0.6) is 5.75 Å². The quantitative estimate of drug-likeness (QED) is 0.225. The number of ether oxygens (including phenoxy) is 1. The molecule has 4 rings (SSSR count). The van der Waals surface area contributed by atoms with Crippen LogP contribution in [0.25, 0.3) is 11.1 Å². The Morgan fingerprint density at radius 3 is 2.15 bits per heavy atom. The van der Waals surface area contributed by atoms with E-state index >= 15 is 0 Å². The predicted molar refractivity (Wildman–Crippen MR) is 159 cm³/mol. The third-order valence-corrected chi connectivity index (χ3v) is 6.95. The Kier molecular flexibility index (Phi) is 9.89. The second-order valence-corrected chi connectivity index (χ2v) is 9.83. The Hall–Kier alpha value is -4.91. The van der Waals surface area contributed by atoms with E-state index in [4.69, 9.17) is 4.74 Å². The number of carbonyl (C=O) groups excluding carboxylic acids is 2. The molecule has 0 bridgehead atoms. The number of hydrogen-bond donors (Lipinski definition) is 2. The zero-order valence-electron chi connectivity index (χ0n) is 23.2. The molecule has 0 saturated carbocycles. The summed E-state index contributed by atoms with van der Waals surface area (Å²) in [4.78, 5) is 40.4. The van der Waals surface area contributed by atoms with Crippen molar-refractivity contribution in [1.82, 2.24) is 10.2 Å². The van der Waals surface area contributed by atoms with Crippen LogP contribution < -0.4 is 10.1 Å². The first-order chi connectivity index (χ1) is 19.9. The van der Waals surface area contributed by atoms with Gasteiger partial charge in [-0.05, 0) is 52.4 Å². The normalized spacial score (nSPS) is 11.4. The molecule has 4 aromatic carbocycles. The van der Waals surface area contributed by atoms with Gasteiger partial charge in [0.2, 0.25) is 0 Å². The molecule has 4 aromatic rings. The molecule has 0 spiro atoms. The van der Waals surface area contributed by atoms with Crippen molar-refractivity contribution in [3.05, 3.63) is 125 Å². The van der Waals surface area contributed by atoms with Crippen molar-refractivity contribution in [3.63, 3.8) is 0 Å². The van der Waals surface area contributed by atoms with E-state index in [1.54, 1.807) is 36.3 Å². The topological polar surface area (TPSA) is 95.9 Å². The van der Waals surface area contributed by atoms with Crippen LogP contribution in [-0.4, -0.2) is 48.0 Å². The Balaban J connectivity index is 1.62. The zero-order valence-corrected chi connectivity index (χ0v) is 23.2. The van der Waals surface area contributed by atoms with Crippen molar-refractivity contribution in [1.29, 1.82) is 0 Å². The molecule has 0 aliphatic heterocycles. The van der Waals surface area contributed by atoms with Crippen LogP contribution >= 0.6 is 0 Å². The van der Waals surface area contributed by atoms with E-state index in [0.29, 0.717) is 41.1 Å². The van der Waals surface area contributed by atoms with Gasteiger partial charge in [-0.25, -0.2) is 0 Å². The molecule has 0 radical (unpaired) electrons. The number of nitrogens with zero attached hydrogens (tertiary/aromatic N) is 1. The highest BCUT2D eigenvalue weighted by Gasteiger charge is 2.24. The molecular formula is C34H34N2O5. The summed E-state index contributed by atoms with van der Waals surface area (Å²) in [5, 5.41) is 12.3. The van der Waals surface area contributed by atoms with Crippen molar-refractivity contribution in [2.24, 2.45) is 0 Å². The lowest BCUT2D eigenvalue weighted by atomic mass is 9.93. The van der Waals surface area contributed by atoms with Crippen LogP contribution in [0.15, 0.2) is 103 Å². The molecule has 1 unspecified atom stereocenters. The molecule has 0 saturated heterocycles. The highest BCUT2D eigenvalue weighted by molar-refractivity contribution is 6.06. The fourth-order valence-electron chi connectivity index (χ4n) is 4.77. The summed E-state index contributed by atoms with van der Waals surface area (Å²) in [7, 11) is 1.60. The number of rotatable bonds is 12. The summed E-state index contributed by atoms with van der Waals surface area (Å²) >= 11 is 0. The molecule has 210 valence electrons. The number of amides is 2. The first-order valence-corrected chi connectivity index (χ1v) is 13.5. The van der Waals surface area contributed by atoms with Crippen LogP contribution in [-0.2, 0) is 11.3 Å². The molecule has 41 heavy (non-hydrogen) atoms. The second-order valence-electron chi connectivity index (χ2n) is 9.83. The fraction of sp³-hybridized carbons (Fsp3) is 0.206. The van der Waals surface area contributed by atoms with Gasteiger partial charge in [0.25, 0.3) is 11.8 Å². The van der Waals surface area contributed by atoms with Gasteiger partial charge in [-0.1, -0.05) is 85.8 Å². The number of benzene rings is 4. The van der Waals surface area contributed by atoms with E-state index in [2.05, 4.69) is 5.32 Å². The lowest BCUT2D eigenvalue weighted by molar-refractivity contribution is -0.137. The Morgan fingerprint density at radius 1 is 0.829 bits per heavy atom. The van der Waals surface area contributed by atoms with Gasteiger partial charge in [-0.2, -0.15) is 0 Å². The standard InChI is InChI=1S/C34H34N2O5/c1-24(26-12-4-3-5-13-26)23-36(20-19-32(37)38)34(40)31-18-9-7-16-29(31)28-15-6-8-17-30(28)33(39)35-22-25-11-10-14-27(21-25)41-2/h3-18,21,24H,19-20,22-23H2,1-2H3,(H,35,39)(H,37,38). The molecular weight excluding hydrogens is 516 g/mol. The number of hydrogen-bond acceptors (Lipinski definition) is 4. The summed E-state index contributed by atoms with van der Waals surface area (Å²) in [6.07, 6.45) is -0.168. The van der Waals surface area contributed by atoms with E-state index in [9.17, 15) is 19.5 Å². The average molecular weight is 551 g/mol. The lowest BCUT2D eigenvalue weighted by Crippen LogP contribution is -2.36. The van der Waals surface area contributed by atoms with Crippen molar-refractivity contribution >= 4 is 17.8 Å². The maximum atomic E-state index is 14.0. The van der Waals surface area contributed by atoms with Gasteiger partial charge < -0.3 is 20.1 Å². The number of methoxy groups -OCH3 is 1. The van der Waals surface area contributed by atoms with E-state index in [1.165, 1.54) is 0 Å². The summed E-state index contributed by atoms with van der Waals surface area (Å²) < 4.78 is 5.28. The fourth-order valence-corrected chi connectivity index (χ4v) is 4.77. The third kappa shape index (κ3) is 7.60. The van der Waals surface area contributed by atoms with E-state index in [1.807, 2.05) is 85.8 Å². The number of carboxylic acid groups (broad SMARTS) is 1. The van der Waals surface area contributed by atoms with E-state index in [0.717, 1.165) is 11.1 Å². The largest absolute Gasteiger partial charge is 0.497 e. The number of nitrogens with one attached hydrogen (secondary N) is 1. The van der Waals surface area contributed by atoms with Crippen LogP contribution in [0.3, 0.4) is 0 Å². The van der Waals surface area contributed by atoms with Crippen molar-refractivity contribution in [2.45, 2.75) is 25.8 Å². The first-order valence-electron chi connectivity index (χ1n) is 13.5. The maximum absolute atomic E-state index is 14.0. The molecule has 2 amide bonds. The Morgan fingerprint density at radius 2 is 1.46 bits per heavy atom. The molecule has 0 aromatic heterocycles. The predicted octanol–water partition coefficient (Wildman–Crippen LogP) is 6.01. The summed E-state index contributed by atoms with van der Waals surface area (Å²) in [6, 6.07) is 31.6. The molecule has 2 N–H and O–H groups in total.